The number of Topliss-reactive ketones (excluding diaryl/α,β-unsaturated/α-hetero) is 2. The highest BCUT2D eigenvalue weighted by atomic mass is 16.1. The first-order valence-electron chi connectivity index (χ1n) is 5.00. The van der Waals surface area contributed by atoms with Gasteiger partial charge in [0.15, 0.2) is 5.78 Å². The molecule has 82 valence electrons. The van der Waals surface area contributed by atoms with Gasteiger partial charge in [-0.2, -0.15) is 0 Å². The average molecular weight is 200 g/mol. The molecule has 0 aromatic rings. The number of rotatable bonds is 7. The van der Waals surface area contributed by atoms with Crippen molar-refractivity contribution in [2.45, 2.75) is 39.2 Å². The van der Waals surface area contributed by atoms with E-state index in [0.717, 1.165) is 0 Å². The molecule has 0 fully saturated rings. The smallest absolute Gasteiger partial charge is 0.166 e. The number of nitrogens with two attached hydrogens (primary N) is 1. The quantitative estimate of drug-likeness (QED) is 0.618. The number of carbonyl (C=O) groups excluding carboxylic acids is 2. The molecule has 4 nitrogen and oxygen atoms in total. The van der Waals surface area contributed by atoms with Crippen LogP contribution < -0.4 is 11.1 Å². The maximum Gasteiger partial charge on any atom is 0.166 e. The summed E-state index contributed by atoms with van der Waals surface area (Å²) in [5.74, 6) is 0.0541. The summed E-state index contributed by atoms with van der Waals surface area (Å²) in [6, 6.07) is 0. The molecule has 1 atom stereocenters. The van der Waals surface area contributed by atoms with E-state index in [2.05, 4.69) is 5.32 Å². The highest BCUT2D eigenvalue weighted by molar-refractivity contribution is 5.90. The number of hydrogen-bond acceptors (Lipinski definition) is 4. The predicted octanol–water partition coefficient (Wildman–Crippen LogP) is 0.252. The van der Waals surface area contributed by atoms with Crippen molar-refractivity contribution in [3.63, 3.8) is 0 Å². The third kappa shape index (κ3) is 3.55. The Balaban J connectivity index is 4.26. The molecular formula is C10H20N2O2. The third-order valence-electron chi connectivity index (χ3n) is 2.58. The van der Waals surface area contributed by atoms with Crippen LogP contribution >= 0.6 is 0 Å². The fraction of sp³-hybridized carbons (Fsp3) is 0.800. The van der Waals surface area contributed by atoms with Crippen LogP contribution in [0.5, 0.6) is 0 Å². The maximum atomic E-state index is 11.5. The van der Waals surface area contributed by atoms with Crippen LogP contribution in [0.1, 0.15) is 33.6 Å². The summed E-state index contributed by atoms with van der Waals surface area (Å²) in [6.07, 6.45) is 1.13. The molecule has 0 amide bonds. The van der Waals surface area contributed by atoms with Crippen molar-refractivity contribution in [1.82, 2.24) is 5.32 Å². The standard InChI is InChI=1S/C10H20N2O2/c1-4-8(13)7-12-10(3,5-2)9(14)6-11/h12H,4-7,11H2,1-3H3. The minimum atomic E-state index is -0.653. The Morgan fingerprint density at radius 1 is 1.36 bits per heavy atom. The molecule has 1 unspecified atom stereocenters. The SMILES string of the molecule is CCC(=O)CNC(C)(CC)C(=O)CN. The zero-order chi connectivity index (χ0) is 11.2. The lowest BCUT2D eigenvalue weighted by Crippen LogP contribution is -2.53. The van der Waals surface area contributed by atoms with E-state index in [-0.39, 0.29) is 24.7 Å². The van der Waals surface area contributed by atoms with E-state index in [0.29, 0.717) is 12.8 Å². The minimum Gasteiger partial charge on any atom is -0.324 e. The van der Waals surface area contributed by atoms with Gasteiger partial charge in [0.1, 0.15) is 5.78 Å². The Bertz CT molecular complexity index is 216. The Morgan fingerprint density at radius 2 is 1.93 bits per heavy atom. The zero-order valence-electron chi connectivity index (χ0n) is 9.22. The molecule has 0 rings (SSSR count). The second-order valence-electron chi connectivity index (χ2n) is 3.56. The third-order valence-corrected chi connectivity index (χ3v) is 2.58. The molecule has 14 heavy (non-hydrogen) atoms. The lowest BCUT2D eigenvalue weighted by atomic mass is 9.93. The molecule has 0 saturated heterocycles. The molecule has 0 aliphatic rings. The van der Waals surface area contributed by atoms with Gasteiger partial charge in [-0.3, -0.25) is 14.9 Å². The first-order valence-corrected chi connectivity index (χ1v) is 5.00. The van der Waals surface area contributed by atoms with Gasteiger partial charge in [-0.05, 0) is 13.3 Å². The van der Waals surface area contributed by atoms with Crippen molar-refractivity contribution in [2.24, 2.45) is 5.73 Å². The normalized spacial score (nSPS) is 14.9. The van der Waals surface area contributed by atoms with E-state index < -0.39 is 5.54 Å². The first-order chi connectivity index (χ1) is 6.50. The van der Waals surface area contributed by atoms with Crippen LogP contribution in [-0.2, 0) is 9.59 Å². The van der Waals surface area contributed by atoms with Gasteiger partial charge >= 0.3 is 0 Å². The highest BCUT2D eigenvalue weighted by Crippen LogP contribution is 2.09. The topological polar surface area (TPSA) is 72.2 Å². The van der Waals surface area contributed by atoms with Gasteiger partial charge in [0.25, 0.3) is 0 Å². The molecule has 0 bridgehead atoms. The van der Waals surface area contributed by atoms with Crippen LogP contribution in [0.3, 0.4) is 0 Å². The lowest BCUT2D eigenvalue weighted by Gasteiger charge is -2.27. The Labute approximate surface area is 85.2 Å². The molecule has 0 aliphatic carbocycles. The van der Waals surface area contributed by atoms with Gasteiger partial charge < -0.3 is 5.73 Å². The van der Waals surface area contributed by atoms with Gasteiger partial charge in [0.2, 0.25) is 0 Å². The molecule has 0 spiro atoms. The van der Waals surface area contributed by atoms with Crippen LogP contribution in [0.25, 0.3) is 0 Å². The van der Waals surface area contributed by atoms with E-state index in [4.69, 9.17) is 5.73 Å². The monoisotopic (exact) mass is 200 g/mol. The molecule has 0 aromatic heterocycles. The number of ketones is 2. The summed E-state index contributed by atoms with van der Waals surface area (Å²) in [7, 11) is 0. The maximum absolute atomic E-state index is 11.5. The van der Waals surface area contributed by atoms with Gasteiger partial charge in [-0.1, -0.05) is 13.8 Å². The Kier molecular flexibility index (Phi) is 5.57. The largest absolute Gasteiger partial charge is 0.324 e. The second kappa shape index (κ2) is 5.88. The second-order valence-corrected chi connectivity index (χ2v) is 3.56. The van der Waals surface area contributed by atoms with Crippen LogP contribution in [-0.4, -0.2) is 30.2 Å². The molecular weight excluding hydrogens is 180 g/mol. The van der Waals surface area contributed by atoms with Crippen molar-refractivity contribution in [1.29, 1.82) is 0 Å². The molecule has 4 heteroatoms. The predicted molar refractivity (Wildman–Crippen MR) is 56.1 cm³/mol. The summed E-state index contributed by atoms with van der Waals surface area (Å²) < 4.78 is 0. The van der Waals surface area contributed by atoms with Crippen molar-refractivity contribution in [3.8, 4) is 0 Å². The summed E-state index contributed by atoms with van der Waals surface area (Å²) in [6.45, 7) is 5.74. The molecule has 3 N–H and O–H groups in total. The number of carbonyl (C=O) groups is 2. The summed E-state index contributed by atoms with van der Waals surface area (Å²) in [5.41, 5.74) is 4.64. The van der Waals surface area contributed by atoms with Gasteiger partial charge in [-0.25, -0.2) is 0 Å². The minimum absolute atomic E-state index is 0.0116. The van der Waals surface area contributed by atoms with E-state index in [1.807, 2.05) is 6.92 Å². The van der Waals surface area contributed by atoms with Crippen molar-refractivity contribution >= 4 is 11.6 Å². The number of hydrogen-bond donors (Lipinski definition) is 2. The summed E-state index contributed by atoms with van der Waals surface area (Å²) >= 11 is 0. The average Bonchev–Trinajstić information content (AvgIpc) is 2.23. The molecule has 0 radical (unpaired) electrons. The summed E-state index contributed by atoms with van der Waals surface area (Å²) in [4.78, 5) is 22.5. The highest BCUT2D eigenvalue weighted by Gasteiger charge is 2.29. The molecule has 0 saturated carbocycles. The molecule has 0 aromatic carbocycles. The first kappa shape index (κ1) is 13.3. The zero-order valence-corrected chi connectivity index (χ0v) is 9.22. The van der Waals surface area contributed by atoms with Crippen LogP contribution in [0.2, 0.25) is 0 Å². The fourth-order valence-electron chi connectivity index (χ4n) is 1.06. The van der Waals surface area contributed by atoms with Crippen molar-refractivity contribution in [3.05, 3.63) is 0 Å². The van der Waals surface area contributed by atoms with Crippen LogP contribution in [0.15, 0.2) is 0 Å². The van der Waals surface area contributed by atoms with Gasteiger partial charge in [-0.15, -0.1) is 0 Å². The number of nitrogens with one attached hydrogen (secondary N) is 1. The summed E-state index contributed by atoms with van der Waals surface area (Å²) in [5, 5.41) is 2.97. The van der Waals surface area contributed by atoms with Crippen LogP contribution in [0, 0.1) is 0 Å². The van der Waals surface area contributed by atoms with E-state index in [9.17, 15) is 9.59 Å². The fourth-order valence-corrected chi connectivity index (χ4v) is 1.06. The van der Waals surface area contributed by atoms with E-state index in [1.54, 1.807) is 13.8 Å². The van der Waals surface area contributed by atoms with E-state index >= 15 is 0 Å². The lowest BCUT2D eigenvalue weighted by molar-refractivity contribution is -0.124. The Hall–Kier alpha value is -0.740. The molecule has 0 heterocycles. The van der Waals surface area contributed by atoms with Gasteiger partial charge in [0.05, 0.1) is 18.6 Å². The van der Waals surface area contributed by atoms with Crippen LogP contribution in [0.4, 0.5) is 0 Å². The van der Waals surface area contributed by atoms with E-state index in [1.165, 1.54) is 0 Å². The van der Waals surface area contributed by atoms with Crippen molar-refractivity contribution in [2.75, 3.05) is 13.1 Å². The Morgan fingerprint density at radius 3 is 2.29 bits per heavy atom. The molecule has 0 aliphatic heterocycles. The van der Waals surface area contributed by atoms with Crippen molar-refractivity contribution < 1.29 is 9.59 Å². The van der Waals surface area contributed by atoms with Gasteiger partial charge in [0, 0.05) is 6.42 Å².